The lowest BCUT2D eigenvalue weighted by molar-refractivity contribution is -0.0527. The summed E-state index contributed by atoms with van der Waals surface area (Å²) in [5, 5.41) is 4.12. The highest BCUT2D eigenvalue weighted by atomic mass is 16.5. The largest absolute Gasteiger partial charge is 0.370 e. The fourth-order valence-corrected chi connectivity index (χ4v) is 2.85. The highest BCUT2D eigenvalue weighted by molar-refractivity contribution is 5.06. The van der Waals surface area contributed by atoms with Crippen LogP contribution in [0, 0.1) is 5.92 Å². The van der Waals surface area contributed by atoms with Gasteiger partial charge >= 0.3 is 0 Å². The molecule has 0 aliphatic heterocycles. The molecule has 0 bridgehead atoms. The molecule has 2 aliphatic carbocycles. The summed E-state index contributed by atoms with van der Waals surface area (Å²) in [5.74, 6) is 1.80. The highest BCUT2D eigenvalue weighted by Crippen LogP contribution is 2.41. The first-order chi connectivity index (χ1) is 8.75. The number of hydrogen-bond donors (Lipinski definition) is 1. The lowest BCUT2D eigenvalue weighted by Gasteiger charge is -2.32. The Labute approximate surface area is 107 Å². The number of nitrogens with zero attached hydrogens (tertiary/aromatic N) is 2. The van der Waals surface area contributed by atoms with Crippen LogP contribution in [-0.2, 0) is 10.3 Å². The number of aromatic nitrogens is 2. The van der Waals surface area contributed by atoms with Crippen molar-refractivity contribution in [3.05, 3.63) is 11.7 Å². The first-order valence-electron chi connectivity index (χ1n) is 6.90. The molecular formula is C13H21N3O2. The van der Waals surface area contributed by atoms with Gasteiger partial charge in [-0.15, -0.1) is 0 Å². The Kier molecular flexibility index (Phi) is 3.11. The van der Waals surface area contributed by atoms with Gasteiger partial charge in [0.15, 0.2) is 0 Å². The molecule has 1 aromatic rings. The van der Waals surface area contributed by atoms with Crippen LogP contribution in [0.3, 0.4) is 0 Å². The standard InChI is InChI=1S/C13H21N3O2/c1-17-13(7-3-2-4-8-13)12-15-11(18-16-12)10(14)9-5-6-9/h9-10H,2-8,14H2,1H3. The second kappa shape index (κ2) is 4.63. The van der Waals surface area contributed by atoms with Crippen molar-refractivity contribution in [1.82, 2.24) is 10.1 Å². The minimum atomic E-state index is -0.344. The third-order valence-corrected chi connectivity index (χ3v) is 4.32. The van der Waals surface area contributed by atoms with Crippen LogP contribution in [0.4, 0.5) is 0 Å². The maximum Gasteiger partial charge on any atom is 0.243 e. The maximum atomic E-state index is 6.09. The normalized spacial score (nSPS) is 25.0. The van der Waals surface area contributed by atoms with Gasteiger partial charge in [-0.1, -0.05) is 24.4 Å². The fourth-order valence-electron chi connectivity index (χ4n) is 2.85. The molecule has 0 spiro atoms. The van der Waals surface area contributed by atoms with Crippen molar-refractivity contribution < 1.29 is 9.26 Å². The lowest BCUT2D eigenvalue weighted by Crippen LogP contribution is -2.32. The van der Waals surface area contributed by atoms with E-state index in [9.17, 15) is 0 Å². The molecule has 0 saturated heterocycles. The van der Waals surface area contributed by atoms with Gasteiger partial charge in [-0.25, -0.2) is 0 Å². The molecule has 3 rings (SSSR count). The van der Waals surface area contributed by atoms with E-state index in [1.807, 2.05) is 0 Å². The summed E-state index contributed by atoms with van der Waals surface area (Å²) in [7, 11) is 1.74. The molecule has 18 heavy (non-hydrogen) atoms. The number of rotatable bonds is 4. The lowest BCUT2D eigenvalue weighted by atomic mass is 9.84. The van der Waals surface area contributed by atoms with Crippen LogP contribution in [0.25, 0.3) is 0 Å². The zero-order valence-corrected chi connectivity index (χ0v) is 10.9. The molecular weight excluding hydrogens is 230 g/mol. The second-order valence-electron chi connectivity index (χ2n) is 5.58. The molecule has 0 amide bonds. The molecule has 100 valence electrons. The monoisotopic (exact) mass is 251 g/mol. The molecule has 1 unspecified atom stereocenters. The number of hydrogen-bond acceptors (Lipinski definition) is 5. The van der Waals surface area contributed by atoms with E-state index in [4.69, 9.17) is 15.0 Å². The number of nitrogens with two attached hydrogens (primary N) is 1. The Balaban J connectivity index is 1.81. The Morgan fingerprint density at radius 1 is 1.33 bits per heavy atom. The summed E-state index contributed by atoms with van der Waals surface area (Å²) in [5.41, 5.74) is 5.75. The Morgan fingerprint density at radius 2 is 2.06 bits per heavy atom. The molecule has 2 saturated carbocycles. The summed E-state index contributed by atoms with van der Waals surface area (Å²) in [4.78, 5) is 4.51. The highest BCUT2D eigenvalue weighted by Gasteiger charge is 2.40. The molecule has 1 atom stereocenters. The minimum absolute atomic E-state index is 0.0938. The van der Waals surface area contributed by atoms with Gasteiger partial charge in [0.25, 0.3) is 0 Å². The third kappa shape index (κ3) is 2.06. The van der Waals surface area contributed by atoms with Crippen molar-refractivity contribution in [2.24, 2.45) is 11.7 Å². The summed E-state index contributed by atoms with van der Waals surface area (Å²) >= 11 is 0. The smallest absolute Gasteiger partial charge is 0.243 e. The Morgan fingerprint density at radius 3 is 2.67 bits per heavy atom. The van der Waals surface area contributed by atoms with Gasteiger partial charge in [0.05, 0.1) is 6.04 Å². The van der Waals surface area contributed by atoms with E-state index in [0.29, 0.717) is 17.6 Å². The SMILES string of the molecule is COC1(c2noc(C(N)C3CC3)n2)CCCCC1. The van der Waals surface area contributed by atoms with Crippen molar-refractivity contribution in [1.29, 1.82) is 0 Å². The zero-order chi connectivity index (χ0) is 12.6. The van der Waals surface area contributed by atoms with Crippen molar-refractivity contribution in [3.8, 4) is 0 Å². The van der Waals surface area contributed by atoms with Gasteiger partial charge in [0.1, 0.15) is 5.60 Å². The summed E-state index contributed by atoms with van der Waals surface area (Å²) in [6.07, 6.45) is 7.88. The van der Waals surface area contributed by atoms with Gasteiger partial charge in [0, 0.05) is 7.11 Å². The van der Waals surface area contributed by atoms with Crippen LogP contribution in [0.5, 0.6) is 0 Å². The van der Waals surface area contributed by atoms with Crippen LogP contribution in [0.15, 0.2) is 4.52 Å². The van der Waals surface area contributed by atoms with Gasteiger partial charge < -0.3 is 15.0 Å². The maximum absolute atomic E-state index is 6.09. The predicted octanol–water partition coefficient (Wildman–Crippen LogP) is 2.29. The van der Waals surface area contributed by atoms with Crippen molar-refractivity contribution in [2.75, 3.05) is 7.11 Å². The molecule has 5 heteroatoms. The van der Waals surface area contributed by atoms with Crippen LogP contribution in [-0.4, -0.2) is 17.3 Å². The van der Waals surface area contributed by atoms with E-state index < -0.39 is 0 Å². The average Bonchev–Trinajstić information content (AvgIpc) is 3.15. The molecule has 2 N–H and O–H groups in total. The van der Waals surface area contributed by atoms with E-state index in [-0.39, 0.29) is 11.6 Å². The van der Waals surface area contributed by atoms with E-state index in [0.717, 1.165) is 25.7 Å². The van der Waals surface area contributed by atoms with Gasteiger partial charge in [-0.3, -0.25) is 0 Å². The fraction of sp³-hybridized carbons (Fsp3) is 0.846. The summed E-state index contributed by atoms with van der Waals surface area (Å²) in [6.45, 7) is 0. The summed E-state index contributed by atoms with van der Waals surface area (Å²) < 4.78 is 11.0. The first kappa shape index (κ1) is 12.1. The van der Waals surface area contributed by atoms with Gasteiger partial charge in [-0.05, 0) is 31.6 Å². The molecule has 0 aromatic carbocycles. The van der Waals surface area contributed by atoms with Crippen molar-refractivity contribution >= 4 is 0 Å². The molecule has 1 heterocycles. The molecule has 2 aliphatic rings. The Hall–Kier alpha value is -0.940. The van der Waals surface area contributed by atoms with Crippen LogP contribution in [0.2, 0.25) is 0 Å². The van der Waals surface area contributed by atoms with E-state index in [1.54, 1.807) is 7.11 Å². The Bertz CT molecular complexity index is 408. The predicted molar refractivity (Wildman–Crippen MR) is 65.7 cm³/mol. The first-order valence-corrected chi connectivity index (χ1v) is 6.90. The van der Waals surface area contributed by atoms with Crippen molar-refractivity contribution in [2.45, 2.75) is 56.6 Å². The minimum Gasteiger partial charge on any atom is -0.370 e. The molecule has 0 radical (unpaired) electrons. The van der Waals surface area contributed by atoms with Crippen LogP contribution >= 0.6 is 0 Å². The molecule has 1 aromatic heterocycles. The van der Waals surface area contributed by atoms with Crippen LogP contribution < -0.4 is 5.73 Å². The van der Waals surface area contributed by atoms with E-state index in [1.165, 1.54) is 19.3 Å². The van der Waals surface area contributed by atoms with Crippen LogP contribution in [0.1, 0.15) is 62.7 Å². The number of methoxy groups -OCH3 is 1. The second-order valence-corrected chi connectivity index (χ2v) is 5.58. The number of ether oxygens (including phenoxy) is 1. The van der Waals surface area contributed by atoms with Crippen molar-refractivity contribution in [3.63, 3.8) is 0 Å². The topological polar surface area (TPSA) is 74.2 Å². The van der Waals surface area contributed by atoms with E-state index in [2.05, 4.69) is 10.1 Å². The van der Waals surface area contributed by atoms with E-state index >= 15 is 0 Å². The third-order valence-electron chi connectivity index (χ3n) is 4.32. The average molecular weight is 251 g/mol. The van der Waals surface area contributed by atoms with Gasteiger partial charge in [-0.2, -0.15) is 4.98 Å². The molecule has 5 nitrogen and oxygen atoms in total. The molecule has 2 fully saturated rings. The zero-order valence-electron chi connectivity index (χ0n) is 10.9. The quantitative estimate of drug-likeness (QED) is 0.888. The summed E-state index contributed by atoms with van der Waals surface area (Å²) in [6, 6.07) is -0.0938. The van der Waals surface area contributed by atoms with Gasteiger partial charge in [0.2, 0.25) is 11.7 Å².